The van der Waals surface area contributed by atoms with Crippen LogP contribution in [-0.2, 0) is 11.3 Å². The molecule has 178 valence electrons. The summed E-state index contributed by atoms with van der Waals surface area (Å²) in [5.41, 5.74) is 1.50. The molecule has 0 saturated carbocycles. The highest BCUT2D eigenvalue weighted by Gasteiger charge is 2.21. The van der Waals surface area contributed by atoms with E-state index in [2.05, 4.69) is 29.2 Å². The van der Waals surface area contributed by atoms with Gasteiger partial charge in [0.15, 0.2) is 10.8 Å². The molecular formula is C23H27N7O3S. The molecule has 1 aromatic carbocycles. The Morgan fingerprint density at radius 3 is 2.65 bits per heavy atom. The quantitative estimate of drug-likeness (QED) is 0.162. The van der Waals surface area contributed by atoms with Gasteiger partial charge in [0.05, 0.1) is 23.1 Å². The molecule has 3 aromatic rings. The summed E-state index contributed by atoms with van der Waals surface area (Å²) in [5, 5.41) is 20.1. The zero-order valence-electron chi connectivity index (χ0n) is 19.2. The molecule has 1 N–H and O–H groups in total. The Morgan fingerprint density at radius 2 is 1.97 bits per heavy atom. The summed E-state index contributed by atoms with van der Waals surface area (Å²) >= 11 is 1.63. The number of nitrogens with zero attached hydrogens (tertiary/aromatic N) is 6. The van der Waals surface area contributed by atoms with Crippen LogP contribution in [0.1, 0.15) is 32.3 Å². The topological polar surface area (TPSA) is 119 Å². The summed E-state index contributed by atoms with van der Waals surface area (Å²) < 4.78 is 1.81. The zero-order chi connectivity index (χ0) is 24.1. The molecule has 11 heteroatoms. The lowest BCUT2D eigenvalue weighted by Gasteiger charge is -2.18. The summed E-state index contributed by atoms with van der Waals surface area (Å²) in [5.74, 6) is 0.685. The third-order valence-electron chi connectivity index (χ3n) is 5.36. The van der Waals surface area contributed by atoms with Gasteiger partial charge < -0.3 is 10.2 Å². The second kappa shape index (κ2) is 10.6. The van der Waals surface area contributed by atoms with Gasteiger partial charge in [-0.25, -0.2) is 14.6 Å². The van der Waals surface area contributed by atoms with E-state index >= 15 is 0 Å². The first-order valence-corrected chi connectivity index (χ1v) is 12.1. The number of aromatic nitrogens is 4. The highest BCUT2D eigenvalue weighted by atomic mass is 32.2. The van der Waals surface area contributed by atoms with E-state index in [1.54, 1.807) is 34.7 Å². The van der Waals surface area contributed by atoms with Gasteiger partial charge in [-0.15, -0.1) is 0 Å². The van der Waals surface area contributed by atoms with Crippen molar-refractivity contribution in [3.05, 3.63) is 52.2 Å². The summed E-state index contributed by atoms with van der Waals surface area (Å²) in [4.78, 5) is 34.4. The molecule has 34 heavy (non-hydrogen) atoms. The van der Waals surface area contributed by atoms with Crippen LogP contribution >= 0.6 is 11.8 Å². The standard InChI is InChI=1S/C23H27N7O3S/c1-16(2)34-23-26-21(28-12-3-4-13-28)19-15-25-29(22(19)27-23)14-11-24-20(31)10-7-17-5-8-18(9-6-17)30(32)33/h5-10,15-16H,3-4,11-14H2,1-2H3,(H,24,31)/b10-7-. The molecule has 0 unspecified atom stereocenters. The lowest BCUT2D eigenvalue weighted by molar-refractivity contribution is -0.384. The van der Waals surface area contributed by atoms with Crippen LogP contribution < -0.4 is 10.2 Å². The number of benzene rings is 1. The number of carbonyl (C=O) groups is 1. The third-order valence-corrected chi connectivity index (χ3v) is 6.22. The first kappa shape index (κ1) is 23.7. The zero-order valence-corrected chi connectivity index (χ0v) is 20.0. The fraction of sp³-hybridized carbons (Fsp3) is 0.391. The second-order valence-corrected chi connectivity index (χ2v) is 9.81. The smallest absolute Gasteiger partial charge is 0.269 e. The van der Waals surface area contributed by atoms with E-state index in [9.17, 15) is 14.9 Å². The maximum atomic E-state index is 12.2. The van der Waals surface area contributed by atoms with Crippen molar-refractivity contribution in [1.29, 1.82) is 0 Å². The summed E-state index contributed by atoms with van der Waals surface area (Å²) in [6.45, 7) is 7.06. The number of carbonyl (C=O) groups excluding carboxylic acids is 1. The highest BCUT2D eigenvalue weighted by molar-refractivity contribution is 7.99. The van der Waals surface area contributed by atoms with E-state index in [1.807, 2.05) is 6.20 Å². The number of hydrogen-bond acceptors (Lipinski definition) is 8. The number of nitrogens with one attached hydrogen (secondary N) is 1. The SMILES string of the molecule is CC(C)Sc1nc(N2CCCC2)c2cnn(CCNC(=O)/C=C\c3ccc([N+](=O)[O-])cc3)c2n1. The maximum Gasteiger partial charge on any atom is 0.269 e. The van der Waals surface area contributed by atoms with Gasteiger partial charge in [0.25, 0.3) is 5.69 Å². The van der Waals surface area contributed by atoms with Crippen molar-refractivity contribution >= 4 is 46.3 Å². The van der Waals surface area contributed by atoms with Gasteiger partial charge in [0.1, 0.15) is 5.82 Å². The normalized spacial score (nSPS) is 13.9. The van der Waals surface area contributed by atoms with Crippen molar-refractivity contribution in [2.24, 2.45) is 0 Å². The summed E-state index contributed by atoms with van der Waals surface area (Å²) in [7, 11) is 0. The van der Waals surface area contributed by atoms with Crippen LogP contribution in [0.4, 0.5) is 11.5 Å². The number of hydrogen-bond donors (Lipinski definition) is 1. The van der Waals surface area contributed by atoms with Crippen LogP contribution in [0.5, 0.6) is 0 Å². The van der Waals surface area contributed by atoms with Gasteiger partial charge in [0, 0.05) is 43.1 Å². The van der Waals surface area contributed by atoms with Crippen LogP contribution in [0.15, 0.2) is 41.7 Å². The molecule has 0 bridgehead atoms. The lowest BCUT2D eigenvalue weighted by Crippen LogP contribution is -2.26. The van der Waals surface area contributed by atoms with E-state index in [1.165, 1.54) is 18.2 Å². The number of nitro benzene ring substituents is 1. The summed E-state index contributed by atoms with van der Waals surface area (Å²) in [6, 6.07) is 6.01. The Labute approximate surface area is 201 Å². The summed E-state index contributed by atoms with van der Waals surface area (Å²) in [6.07, 6.45) is 7.15. The Morgan fingerprint density at radius 1 is 1.24 bits per heavy atom. The van der Waals surface area contributed by atoms with E-state index in [0.29, 0.717) is 23.9 Å². The maximum absolute atomic E-state index is 12.2. The molecule has 1 saturated heterocycles. The number of anilines is 1. The Balaban J connectivity index is 1.42. The molecular weight excluding hydrogens is 454 g/mol. The molecule has 1 fully saturated rings. The molecule has 1 aliphatic heterocycles. The van der Waals surface area contributed by atoms with Crippen molar-refractivity contribution in [3.8, 4) is 0 Å². The van der Waals surface area contributed by atoms with E-state index in [4.69, 9.17) is 9.97 Å². The van der Waals surface area contributed by atoms with Gasteiger partial charge >= 0.3 is 0 Å². The van der Waals surface area contributed by atoms with Crippen molar-refractivity contribution in [1.82, 2.24) is 25.1 Å². The first-order valence-electron chi connectivity index (χ1n) is 11.3. The largest absolute Gasteiger partial charge is 0.356 e. The van der Waals surface area contributed by atoms with Crippen molar-refractivity contribution in [3.63, 3.8) is 0 Å². The average Bonchev–Trinajstić information content (AvgIpc) is 3.48. The average molecular weight is 482 g/mol. The number of rotatable bonds is 9. The first-order chi connectivity index (χ1) is 16.4. The predicted octanol–water partition coefficient (Wildman–Crippen LogP) is 3.66. The molecule has 10 nitrogen and oxygen atoms in total. The minimum atomic E-state index is -0.456. The minimum Gasteiger partial charge on any atom is -0.356 e. The number of thioether (sulfide) groups is 1. The van der Waals surface area contributed by atoms with Crippen molar-refractivity contribution in [2.75, 3.05) is 24.5 Å². The molecule has 1 amide bonds. The predicted molar refractivity (Wildman–Crippen MR) is 133 cm³/mol. The number of amides is 1. The van der Waals surface area contributed by atoms with Crippen molar-refractivity contribution in [2.45, 2.75) is 43.6 Å². The van der Waals surface area contributed by atoms with Crippen LogP contribution in [-0.4, -0.2) is 55.5 Å². The van der Waals surface area contributed by atoms with Gasteiger partial charge in [-0.05, 0) is 36.6 Å². The Bertz CT molecular complexity index is 1200. The van der Waals surface area contributed by atoms with Crippen LogP contribution in [0.3, 0.4) is 0 Å². The van der Waals surface area contributed by atoms with Crippen molar-refractivity contribution < 1.29 is 9.72 Å². The molecule has 0 aliphatic carbocycles. The Hall–Kier alpha value is -3.47. The van der Waals surface area contributed by atoms with E-state index < -0.39 is 4.92 Å². The van der Waals surface area contributed by atoms with Crippen LogP contribution in [0, 0.1) is 10.1 Å². The number of fused-ring (bicyclic) bond motifs is 1. The minimum absolute atomic E-state index is 0.0136. The lowest BCUT2D eigenvalue weighted by atomic mass is 10.2. The second-order valence-electron chi connectivity index (χ2n) is 8.27. The number of non-ortho nitro benzene ring substituents is 1. The molecule has 3 heterocycles. The fourth-order valence-corrected chi connectivity index (χ4v) is 4.44. The molecule has 4 rings (SSSR count). The molecule has 1 aliphatic rings. The third kappa shape index (κ3) is 5.71. The number of nitro groups is 1. The van der Waals surface area contributed by atoms with Gasteiger partial charge in [-0.2, -0.15) is 5.10 Å². The van der Waals surface area contributed by atoms with Crippen LogP contribution in [0.25, 0.3) is 17.1 Å². The monoisotopic (exact) mass is 481 g/mol. The highest BCUT2D eigenvalue weighted by Crippen LogP contribution is 2.30. The van der Waals surface area contributed by atoms with E-state index in [-0.39, 0.29) is 11.6 Å². The molecule has 0 radical (unpaired) electrons. The van der Waals surface area contributed by atoms with Gasteiger partial charge in [0.2, 0.25) is 5.91 Å². The van der Waals surface area contributed by atoms with Crippen LogP contribution in [0.2, 0.25) is 0 Å². The van der Waals surface area contributed by atoms with Gasteiger partial charge in [-0.3, -0.25) is 14.9 Å². The molecule has 2 aromatic heterocycles. The van der Waals surface area contributed by atoms with E-state index in [0.717, 1.165) is 47.9 Å². The molecule has 0 spiro atoms. The molecule has 0 atom stereocenters. The fourth-order valence-electron chi connectivity index (χ4n) is 3.74. The van der Waals surface area contributed by atoms with Gasteiger partial charge in [-0.1, -0.05) is 25.6 Å². The Kier molecular flexibility index (Phi) is 7.41.